The molecule has 3 heteroatoms. The van der Waals surface area contributed by atoms with Crippen LogP contribution >= 0.6 is 28.3 Å². The maximum atomic E-state index is 3.78. The first-order chi connectivity index (χ1) is 4.00. The molecule has 0 N–H and O–H groups in total. The summed E-state index contributed by atoms with van der Waals surface area (Å²) in [6.07, 6.45) is 3.50. The first kappa shape index (κ1) is 8.11. The van der Waals surface area contributed by atoms with Gasteiger partial charge in [0.05, 0.1) is 0 Å². The SMILES string of the molecule is BrBr.c1ccncc1. The largest absolute Gasteiger partial charge is 0.265 e. The topological polar surface area (TPSA) is 12.9 Å². The van der Waals surface area contributed by atoms with Crippen molar-refractivity contribution >= 4 is 28.3 Å². The lowest BCUT2D eigenvalue weighted by molar-refractivity contribution is 1.33. The van der Waals surface area contributed by atoms with Crippen LogP contribution in [0.3, 0.4) is 0 Å². The zero-order chi connectivity index (χ0) is 6.24. The summed E-state index contributed by atoms with van der Waals surface area (Å²) in [5.74, 6) is 0. The first-order valence-electron chi connectivity index (χ1n) is 1.99. The smallest absolute Gasteiger partial charge is 0.0267 e. The van der Waals surface area contributed by atoms with Crippen LogP contribution in [0.4, 0.5) is 0 Å². The van der Waals surface area contributed by atoms with E-state index in [2.05, 4.69) is 33.2 Å². The second kappa shape index (κ2) is 7.11. The lowest BCUT2D eigenvalue weighted by Crippen LogP contribution is -1.58. The van der Waals surface area contributed by atoms with Crippen LogP contribution in [-0.2, 0) is 0 Å². The highest BCUT2D eigenvalue weighted by molar-refractivity contribution is 9.93. The fourth-order valence-electron chi connectivity index (χ4n) is 0.313. The third-order valence-corrected chi connectivity index (χ3v) is 0.566. The third kappa shape index (κ3) is 4.27. The molecule has 0 bridgehead atoms. The number of aromatic nitrogens is 1. The van der Waals surface area contributed by atoms with Gasteiger partial charge < -0.3 is 0 Å². The average molecular weight is 239 g/mol. The van der Waals surface area contributed by atoms with Crippen molar-refractivity contribution in [2.24, 2.45) is 0 Å². The van der Waals surface area contributed by atoms with E-state index in [-0.39, 0.29) is 0 Å². The van der Waals surface area contributed by atoms with E-state index in [1.807, 2.05) is 18.2 Å². The van der Waals surface area contributed by atoms with Crippen LogP contribution in [0.15, 0.2) is 30.6 Å². The summed E-state index contributed by atoms with van der Waals surface area (Å²) >= 11 is 5.50. The predicted molar refractivity (Wildman–Crippen MR) is 42.1 cm³/mol. The molecule has 0 fully saturated rings. The molecule has 0 aliphatic heterocycles. The Kier molecular flexibility index (Phi) is 7.21. The number of hydrogen-bond donors (Lipinski definition) is 0. The molecule has 1 heterocycles. The standard InChI is InChI=1S/C5H5N.Br2/c1-2-4-6-5-3-1;1-2/h1-5H;. The van der Waals surface area contributed by atoms with Gasteiger partial charge in [0.1, 0.15) is 0 Å². The van der Waals surface area contributed by atoms with E-state index in [1.165, 1.54) is 0 Å². The number of pyridine rings is 1. The van der Waals surface area contributed by atoms with E-state index in [0.29, 0.717) is 0 Å². The average Bonchev–Trinajstić information content (AvgIpc) is 1.96. The zero-order valence-corrected chi connectivity index (χ0v) is 7.26. The van der Waals surface area contributed by atoms with Crippen LogP contribution < -0.4 is 0 Å². The van der Waals surface area contributed by atoms with Gasteiger partial charge in [0, 0.05) is 40.6 Å². The molecule has 0 radical (unpaired) electrons. The highest BCUT2D eigenvalue weighted by Crippen LogP contribution is 1.85. The summed E-state index contributed by atoms with van der Waals surface area (Å²) in [4.78, 5) is 3.78. The summed E-state index contributed by atoms with van der Waals surface area (Å²) in [5.41, 5.74) is 0. The monoisotopic (exact) mass is 237 g/mol. The molecule has 0 saturated carbocycles. The lowest BCUT2D eigenvalue weighted by Gasteiger charge is -1.70. The summed E-state index contributed by atoms with van der Waals surface area (Å²) in [5, 5.41) is 0. The van der Waals surface area contributed by atoms with Crippen LogP contribution in [0.2, 0.25) is 0 Å². The molecule has 0 atom stereocenters. The zero-order valence-electron chi connectivity index (χ0n) is 4.09. The van der Waals surface area contributed by atoms with Gasteiger partial charge >= 0.3 is 0 Å². The van der Waals surface area contributed by atoms with Crippen molar-refractivity contribution in [3.8, 4) is 0 Å². The molecule has 1 nitrogen and oxygen atoms in total. The molecular weight excluding hydrogens is 234 g/mol. The Hall–Kier alpha value is 0.110. The van der Waals surface area contributed by atoms with Crippen molar-refractivity contribution in [2.75, 3.05) is 0 Å². The Morgan fingerprint density at radius 3 is 1.50 bits per heavy atom. The molecule has 1 aromatic rings. The maximum Gasteiger partial charge on any atom is 0.0267 e. The summed E-state index contributed by atoms with van der Waals surface area (Å²) in [6, 6.07) is 5.72. The summed E-state index contributed by atoms with van der Waals surface area (Å²) in [6.45, 7) is 0. The minimum atomic E-state index is 1.75. The molecule has 0 aliphatic rings. The van der Waals surface area contributed by atoms with Crippen LogP contribution in [0.5, 0.6) is 0 Å². The van der Waals surface area contributed by atoms with Crippen molar-refractivity contribution in [3.63, 3.8) is 0 Å². The van der Waals surface area contributed by atoms with Crippen molar-refractivity contribution in [2.45, 2.75) is 0 Å². The predicted octanol–water partition coefficient (Wildman–Crippen LogP) is 2.77. The number of halogens is 2. The highest BCUT2D eigenvalue weighted by Gasteiger charge is 1.58. The third-order valence-electron chi connectivity index (χ3n) is 0.566. The molecule has 0 aromatic carbocycles. The Balaban J connectivity index is 0.000000222. The molecule has 0 amide bonds. The van der Waals surface area contributed by atoms with Gasteiger partial charge in [-0.2, -0.15) is 0 Å². The quantitative estimate of drug-likeness (QED) is 0.678. The molecule has 0 spiro atoms. The molecule has 0 saturated heterocycles. The highest BCUT2D eigenvalue weighted by atomic mass is 80.9. The number of hydrogen-bond acceptors (Lipinski definition) is 1. The lowest BCUT2D eigenvalue weighted by atomic mass is 10.5. The van der Waals surface area contributed by atoms with Crippen molar-refractivity contribution < 1.29 is 0 Å². The normalized spacial score (nSPS) is 6.75. The van der Waals surface area contributed by atoms with Crippen LogP contribution in [0.1, 0.15) is 0 Å². The molecule has 1 rings (SSSR count). The second-order valence-electron chi connectivity index (χ2n) is 1.02. The molecule has 1 aromatic heterocycles. The van der Waals surface area contributed by atoms with Gasteiger partial charge in [0.25, 0.3) is 0 Å². The molecule has 0 unspecified atom stereocenters. The molecule has 44 valence electrons. The molecular formula is C5H5Br2N. The fraction of sp³-hybridized carbons (Fsp3) is 0. The molecule has 0 aliphatic carbocycles. The summed E-state index contributed by atoms with van der Waals surface area (Å²) < 4.78 is 0. The van der Waals surface area contributed by atoms with Gasteiger partial charge in [-0.25, -0.2) is 0 Å². The van der Waals surface area contributed by atoms with Crippen molar-refractivity contribution in [1.82, 2.24) is 4.98 Å². The Bertz CT molecular complexity index is 82.4. The van der Waals surface area contributed by atoms with Crippen LogP contribution in [0.25, 0.3) is 0 Å². The van der Waals surface area contributed by atoms with Gasteiger partial charge in [-0.1, -0.05) is 6.07 Å². The maximum absolute atomic E-state index is 3.78. The van der Waals surface area contributed by atoms with E-state index < -0.39 is 0 Å². The Morgan fingerprint density at radius 2 is 1.38 bits per heavy atom. The van der Waals surface area contributed by atoms with Crippen LogP contribution in [0, 0.1) is 0 Å². The Labute approximate surface area is 64.0 Å². The van der Waals surface area contributed by atoms with Crippen molar-refractivity contribution in [1.29, 1.82) is 0 Å². The first-order valence-corrected chi connectivity index (χ1v) is 5.71. The van der Waals surface area contributed by atoms with E-state index in [4.69, 9.17) is 0 Å². The van der Waals surface area contributed by atoms with Gasteiger partial charge in [-0.15, -0.1) is 0 Å². The summed E-state index contributed by atoms with van der Waals surface area (Å²) in [7, 11) is 0. The van der Waals surface area contributed by atoms with Gasteiger partial charge in [-0.05, 0) is 12.1 Å². The minimum absolute atomic E-state index is 1.75. The van der Waals surface area contributed by atoms with E-state index in [1.54, 1.807) is 12.4 Å². The van der Waals surface area contributed by atoms with E-state index >= 15 is 0 Å². The fourth-order valence-corrected chi connectivity index (χ4v) is 0.313. The van der Waals surface area contributed by atoms with Gasteiger partial charge in [0.2, 0.25) is 0 Å². The Morgan fingerprint density at radius 1 is 0.875 bits per heavy atom. The van der Waals surface area contributed by atoms with E-state index in [0.717, 1.165) is 0 Å². The molecule has 8 heavy (non-hydrogen) atoms. The van der Waals surface area contributed by atoms with E-state index in [9.17, 15) is 0 Å². The van der Waals surface area contributed by atoms with Crippen molar-refractivity contribution in [3.05, 3.63) is 30.6 Å². The van der Waals surface area contributed by atoms with Crippen LogP contribution in [-0.4, -0.2) is 4.98 Å². The van der Waals surface area contributed by atoms with Gasteiger partial charge in [0.15, 0.2) is 0 Å². The minimum Gasteiger partial charge on any atom is -0.265 e. The van der Waals surface area contributed by atoms with Gasteiger partial charge in [-0.3, -0.25) is 4.98 Å². The second-order valence-corrected chi connectivity index (χ2v) is 1.02. The number of nitrogens with zero attached hydrogens (tertiary/aromatic N) is 1. The number of rotatable bonds is 0.